The van der Waals surface area contributed by atoms with Crippen molar-refractivity contribution in [3.63, 3.8) is 0 Å². The Balaban J connectivity index is 2.25. The van der Waals surface area contributed by atoms with E-state index in [4.69, 9.17) is 0 Å². The molecule has 2 aromatic rings. The molecule has 4 heteroatoms. The van der Waals surface area contributed by atoms with Crippen LogP contribution in [0, 0.1) is 0 Å². The summed E-state index contributed by atoms with van der Waals surface area (Å²) in [5, 5.41) is 4.56. The predicted octanol–water partition coefficient (Wildman–Crippen LogP) is 5.06. The summed E-state index contributed by atoms with van der Waals surface area (Å²) in [6.45, 7) is 5.34. The standard InChI is InChI=1S/C16H19BrN2S/c1-3-14(18-4-2)13-7-5-6-8-15(13)20-16-10-9-12(17)11-19-16/h5-11,14,18H,3-4H2,1-2H3. The summed E-state index contributed by atoms with van der Waals surface area (Å²) >= 11 is 5.14. The molecule has 2 rings (SSSR count). The minimum Gasteiger partial charge on any atom is -0.310 e. The minimum atomic E-state index is 0.402. The third-order valence-corrected chi connectivity index (χ3v) is 4.58. The molecule has 2 nitrogen and oxygen atoms in total. The zero-order chi connectivity index (χ0) is 14.4. The maximum Gasteiger partial charge on any atom is 0.101 e. The van der Waals surface area contributed by atoms with Crippen LogP contribution in [0.15, 0.2) is 57.0 Å². The molecule has 1 atom stereocenters. The van der Waals surface area contributed by atoms with E-state index < -0.39 is 0 Å². The molecule has 0 saturated heterocycles. The molecule has 0 saturated carbocycles. The maximum absolute atomic E-state index is 4.44. The molecule has 1 aromatic carbocycles. The van der Waals surface area contributed by atoms with Gasteiger partial charge in [0.1, 0.15) is 5.03 Å². The highest BCUT2D eigenvalue weighted by Gasteiger charge is 2.13. The van der Waals surface area contributed by atoms with E-state index in [9.17, 15) is 0 Å². The highest BCUT2D eigenvalue weighted by Crippen LogP contribution is 2.33. The van der Waals surface area contributed by atoms with Crippen LogP contribution in [-0.2, 0) is 0 Å². The van der Waals surface area contributed by atoms with E-state index in [2.05, 4.69) is 64.3 Å². The summed E-state index contributed by atoms with van der Waals surface area (Å²) in [6.07, 6.45) is 2.92. The monoisotopic (exact) mass is 350 g/mol. The Morgan fingerprint density at radius 3 is 2.65 bits per heavy atom. The molecule has 1 heterocycles. The van der Waals surface area contributed by atoms with Crippen molar-refractivity contribution in [3.8, 4) is 0 Å². The molecule has 0 spiro atoms. The Morgan fingerprint density at radius 1 is 1.20 bits per heavy atom. The fourth-order valence-electron chi connectivity index (χ4n) is 2.12. The first-order valence-electron chi connectivity index (χ1n) is 6.86. The third-order valence-electron chi connectivity index (χ3n) is 3.07. The van der Waals surface area contributed by atoms with Gasteiger partial charge < -0.3 is 5.32 Å². The van der Waals surface area contributed by atoms with Crippen LogP contribution in [0.2, 0.25) is 0 Å². The molecule has 1 aromatic heterocycles. The first-order chi connectivity index (χ1) is 9.74. The first-order valence-corrected chi connectivity index (χ1v) is 8.47. The summed E-state index contributed by atoms with van der Waals surface area (Å²) < 4.78 is 1.01. The molecular formula is C16H19BrN2S. The lowest BCUT2D eigenvalue weighted by atomic mass is 10.0. The van der Waals surface area contributed by atoms with Crippen molar-refractivity contribution in [3.05, 3.63) is 52.6 Å². The summed E-state index contributed by atoms with van der Waals surface area (Å²) in [4.78, 5) is 5.71. The van der Waals surface area contributed by atoms with Gasteiger partial charge in [-0.1, -0.05) is 43.8 Å². The van der Waals surface area contributed by atoms with E-state index in [0.717, 1.165) is 22.5 Å². The molecule has 0 bridgehead atoms. The average Bonchev–Trinajstić information content (AvgIpc) is 2.48. The van der Waals surface area contributed by atoms with Crippen LogP contribution >= 0.6 is 27.7 Å². The van der Waals surface area contributed by atoms with E-state index in [1.54, 1.807) is 11.8 Å². The maximum atomic E-state index is 4.44. The van der Waals surface area contributed by atoms with E-state index in [0.29, 0.717) is 6.04 Å². The molecule has 1 unspecified atom stereocenters. The van der Waals surface area contributed by atoms with Crippen molar-refractivity contribution in [2.24, 2.45) is 0 Å². The van der Waals surface area contributed by atoms with Gasteiger partial charge in [-0.3, -0.25) is 0 Å². The van der Waals surface area contributed by atoms with Gasteiger partial charge in [0.2, 0.25) is 0 Å². The number of halogens is 1. The van der Waals surface area contributed by atoms with Gasteiger partial charge in [-0.05, 0) is 52.7 Å². The van der Waals surface area contributed by atoms with Crippen molar-refractivity contribution in [2.75, 3.05) is 6.54 Å². The second kappa shape index (κ2) is 7.81. The molecule has 0 aliphatic heterocycles. The van der Waals surface area contributed by atoms with Crippen LogP contribution in [0.1, 0.15) is 31.9 Å². The smallest absolute Gasteiger partial charge is 0.101 e. The second-order valence-electron chi connectivity index (χ2n) is 4.47. The van der Waals surface area contributed by atoms with Crippen molar-refractivity contribution < 1.29 is 0 Å². The fraction of sp³-hybridized carbons (Fsp3) is 0.312. The Kier molecular flexibility index (Phi) is 6.07. The molecule has 0 fully saturated rings. The molecule has 106 valence electrons. The lowest BCUT2D eigenvalue weighted by Gasteiger charge is -2.19. The summed E-state index contributed by atoms with van der Waals surface area (Å²) in [5.41, 5.74) is 1.35. The second-order valence-corrected chi connectivity index (χ2v) is 6.45. The number of aromatic nitrogens is 1. The van der Waals surface area contributed by atoms with Crippen LogP contribution < -0.4 is 5.32 Å². The van der Waals surface area contributed by atoms with Crippen molar-refractivity contribution >= 4 is 27.7 Å². The van der Waals surface area contributed by atoms with Crippen molar-refractivity contribution in [1.29, 1.82) is 0 Å². The number of nitrogens with zero attached hydrogens (tertiary/aromatic N) is 1. The number of nitrogens with one attached hydrogen (secondary N) is 1. The topological polar surface area (TPSA) is 24.9 Å². The van der Waals surface area contributed by atoms with E-state index in [1.807, 2.05) is 18.3 Å². The fourth-order valence-corrected chi connectivity index (χ4v) is 3.29. The minimum absolute atomic E-state index is 0.402. The lowest BCUT2D eigenvalue weighted by molar-refractivity contribution is 0.530. The number of benzene rings is 1. The number of hydrogen-bond acceptors (Lipinski definition) is 3. The normalized spacial score (nSPS) is 12.3. The summed E-state index contributed by atoms with van der Waals surface area (Å²) in [7, 11) is 0. The van der Waals surface area contributed by atoms with Crippen LogP contribution in [0.3, 0.4) is 0 Å². The van der Waals surface area contributed by atoms with Crippen LogP contribution in [-0.4, -0.2) is 11.5 Å². The van der Waals surface area contributed by atoms with Gasteiger partial charge in [0.05, 0.1) is 0 Å². The van der Waals surface area contributed by atoms with Gasteiger partial charge in [-0.2, -0.15) is 0 Å². The van der Waals surface area contributed by atoms with E-state index in [1.165, 1.54) is 10.5 Å². The van der Waals surface area contributed by atoms with Gasteiger partial charge in [0.15, 0.2) is 0 Å². The zero-order valence-electron chi connectivity index (χ0n) is 11.8. The van der Waals surface area contributed by atoms with Gasteiger partial charge in [-0.25, -0.2) is 4.98 Å². The molecule has 1 N–H and O–H groups in total. The Hall–Kier alpha value is -0.840. The van der Waals surface area contributed by atoms with Gasteiger partial charge in [0, 0.05) is 21.6 Å². The Labute approximate surface area is 133 Å². The van der Waals surface area contributed by atoms with Gasteiger partial charge in [0.25, 0.3) is 0 Å². The van der Waals surface area contributed by atoms with Crippen LogP contribution in [0.4, 0.5) is 0 Å². The molecular weight excluding hydrogens is 332 g/mol. The third kappa shape index (κ3) is 4.08. The molecule has 20 heavy (non-hydrogen) atoms. The molecule has 0 aliphatic rings. The number of rotatable bonds is 6. The van der Waals surface area contributed by atoms with E-state index in [-0.39, 0.29) is 0 Å². The predicted molar refractivity (Wildman–Crippen MR) is 89.2 cm³/mol. The molecule has 0 radical (unpaired) electrons. The lowest BCUT2D eigenvalue weighted by Crippen LogP contribution is -2.20. The molecule has 0 amide bonds. The van der Waals surface area contributed by atoms with Crippen LogP contribution in [0.5, 0.6) is 0 Å². The average molecular weight is 351 g/mol. The van der Waals surface area contributed by atoms with E-state index >= 15 is 0 Å². The largest absolute Gasteiger partial charge is 0.310 e. The Bertz CT molecular complexity index is 542. The highest BCUT2D eigenvalue weighted by molar-refractivity contribution is 9.10. The highest BCUT2D eigenvalue weighted by atomic mass is 79.9. The molecule has 0 aliphatic carbocycles. The zero-order valence-corrected chi connectivity index (χ0v) is 14.2. The van der Waals surface area contributed by atoms with Crippen molar-refractivity contribution in [1.82, 2.24) is 10.3 Å². The first kappa shape index (κ1) is 15.5. The Morgan fingerprint density at radius 2 is 2.00 bits per heavy atom. The van der Waals surface area contributed by atoms with Gasteiger partial charge in [-0.15, -0.1) is 0 Å². The van der Waals surface area contributed by atoms with Gasteiger partial charge >= 0.3 is 0 Å². The number of pyridine rings is 1. The quantitative estimate of drug-likeness (QED) is 0.788. The van der Waals surface area contributed by atoms with Crippen LogP contribution in [0.25, 0.3) is 0 Å². The summed E-state index contributed by atoms with van der Waals surface area (Å²) in [6, 6.07) is 13.0. The van der Waals surface area contributed by atoms with Crippen molar-refractivity contribution in [2.45, 2.75) is 36.2 Å². The number of hydrogen-bond donors (Lipinski definition) is 1. The SMILES string of the molecule is CCNC(CC)c1ccccc1Sc1ccc(Br)cn1. The summed E-state index contributed by atoms with van der Waals surface area (Å²) in [5.74, 6) is 0.